The van der Waals surface area contributed by atoms with Gasteiger partial charge in [0, 0.05) is 25.0 Å². The van der Waals surface area contributed by atoms with Gasteiger partial charge < -0.3 is 24.3 Å². The zero-order valence-corrected chi connectivity index (χ0v) is 22.5. The van der Waals surface area contributed by atoms with Gasteiger partial charge in [-0.3, -0.25) is 14.2 Å². The van der Waals surface area contributed by atoms with E-state index in [-0.39, 0.29) is 32.3 Å². The van der Waals surface area contributed by atoms with Crippen molar-refractivity contribution in [2.45, 2.75) is 90.2 Å². The Morgan fingerprint density at radius 1 is 1.05 bits per heavy atom. The summed E-state index contributed by atoms with van der Waals surface area (Å²) < 4.78 is 26.9. The molecule has 2 saturated heterocycles. The van der Waals surface area contributed by atoms with Gasteiger partial charge >= 0.3 is 5.69 Å². The lowest BCUT2D eigenvalue weighted by atomic mass is 9.87. The van der Waals surface area contributed by atoms with Gasteiger partial charge in [0.1, 0.15) is 24.5 Å². The lowest BCUT2D eigenvalue weighted by molar-refractivity contribution is -0.166. The Morgan fingerprint density at radius 2 is 1.79 bits per heavy atom. The van der Waals surface area contributed by atoms with Gasteiger partial charge in [-0.05, 0) is 25.3 Å². The number of benzene rings is 1. The Balaban J connectivity index is 1.63. The van der Waals surface area contributed by atoms with Crippen LogP contribution in [0.5, 0.6) is 0 Å². The van der Waals surface area contributed by atoms with E-state index in [1.54, 1.807) is 6.92 Å². The van der Waals surface area contributed by atoms with E-state index in [1.807, 2.05) is 30.3 Å². The summed E-state index contributed by atoms with van der Waals surface area (Å²) in [6, 6.07) is 8.91. The second-order valence-electron chi connectivity index (χ2n) is 10.1. The van der Waals surface area contributed by atoms with Gasteiger partial charge in [0.25, 0.3) is 5.56 Å². The number of aromatic nitrogens is 2. The van der Waals surface area contributed by atoms with E-state index in [4.69, 9.17) is 18.9 Å². The molecule has 2 aliphatic heterocycles. The number of nitrogens with zero attached hydrogens (tertiary/aromatic N) is 2. The minimum absolute atomic E-state index is 0.0659. The highest BCUT2D eigenvalue weighted by Gasteiger charge is 2.61. The molecule has 0 radical (unpaired) electrons. The van der Waals surface area contributed by atoms with Gasteiger partial charge in [-0.25, -0.2) is 9.36 Å². The normalized spacial score (nSPS) is 24.5. The van der Waals surface area contributed by atoms with Crippen LogP contribution in [0.3, 0.4) is 0 Å². The van der Waals surface area contributed by atoms with Crippen LogP contribution >= 0.6 is 0 Å². The Bertz CT molecular complexity index is 1200. The highest BCUT2D eigenvalue weighted by molar-refractivity contribution is 5.79. The molecular formula is C28H39N3O7. The number of nitrogens with one attached hydrogen (secondary N) is 1. The monoisotopic (exact) mass is 529 g/mol. The lowest BCUT2D eigenvalue weighted by Gasteiger charge is -2.38. The first-order valence-corrected chi connectivity index (χ1v) is 13.5. The van der Waals surface area contributed by atoms with Crippen LogP contribution in [-0.4, -0.2) is 52.6 Å². The first-order chi connectivity index (χ1) is 18.4. The molecule has 0 spiro atoms. The fourth-order valence-electron chi connectivity index (χ4n) is 5.04. The van der Waals surface area contributed by atoms with Gasteiger partial charge in [0.2, 0.25) is 5.91 Å². The van der Waals surface area contributed by atoms with Crippen LogP contribution in [0.25, 0.3) is 0 Å². The van der Waals surface area contributed by atoms with Crippen molar-refractivity contribution in [3.63, 3.8) is 0 Å². The van der Waals surface area contributed by atoms with Crippen molar-refractivity contribution in [2.75, 3.05) is 19.8 Å². The minimum Gasteiger partial charge on any atom is -0.378 e. The summed E-state index contributed by atoms with van der Waals surface area (Å²) in [6.07, 6.45) is 3.89. The number of ether oxygens (including phenoxy) is 4. The predicted octanol–water partition coefficient (Wildman–Crippen LogP) is 2.65. The van der Waals surface area contributed by atoms with Crippen LogP contribution in [-0.2, 0) is 37.1 Å². The summed E-state index contributed by atoms with van der Waals surface area (Å²) >= 11 is 0. The highest BCUT2D eigenvalue weighted by Crippen LogP contribution is 2.44. The molecule has 4 atom stereocenters. The fourth-order valence-corrected chi connectivity index (χ4v) is 5.04. The molecule has 1 aromatic carbocycles. The standard InChI is InChI=1S/C28H39N3O7/c1-4-6-13-35-18-28-15-22(32)29-23(24(28)37-14-7-5-2)26(38-28)30-16-20(3)25(33)31(27(30)34)19-36-17-21-11-9-8-10-12-21/h8-12,16,23-24,26H,4-7,13-15,17-19H2,1-3H3,(H,29,32)/t23-,24?,26+,28+/m0/s1. The molecule has 2 aliphatic rings. The maximum atomic E-state index is 13.6. The van der Waals surface area contributed by atoms with Crippen LogP contribution in [0.15, 0.2) is 46.1 Å². The maximum Gasteiger partial charge on any atom is 0.335 e. The number of piperidine rings is 1. The average molecular weight is 530 g/mol. The minimum atomic E-state index is -1.03. The smallest absolute Gasteiger partial charge is 0.335 e. The SMILES string of the molecule is CCCCOC[C@]12CC(=O)N[C@@H](C1OCCCC)[C@H](n1cc(C)c(=O)n(COCc3ccccc3)c1=O)O2. The number of hydrogen-bond donors (Lipinski definition) is 1. The topological polar surface area (TPSA) is 110 Å². The van der Waals surface area contributed by atoms with E-state index >= 15 is 0 Å². The Hall–Kier alpha value is -2.79. The number of fused-ring (bicyclic) bond motifs is 2. The molecule has 3 heterocycles. The molecule has 1 amide bonds. The van der Waals surface area contributed by atoms with E-state index in [0.29, 0.717) is 18.8 Å². The number of unbranched alkanes of at least 4 members (excludes halogenated alkanes) is 2. The summed E-state index contributed by atoms with van der Waals surface area (Å²) in [5.41, 5.74) is -0.744. The molecule has 4 rings (SSSR count). The lowest BCUT2D eigenvalue weighted by Crippen LogP contribution is -2.60. The van der Waals surface area contributed by atoms with Gasteiger partial charge in [-0.15, -0.1) is 0 Å². The molecule has 10 heteroatoms. The van der Waals surface area contributed by atoms with Crippen molar-refractivity contribution in [3.05, 3.63) is 68.5 Å². The second-order valence-corrected chi connectivity index (χ2v) is 10.1. The summed E-state index contributed by atoms with van der Waals surface area (Å²) in [7, 11) is 0. The molecule has 2 aromatic rings. The summed E-state index contributed by atoms with van der Waals surface area (Å²) in [5, 5.41) is 2.98. The van der Waals surface area contributed by atoms with E-state index in [2.05, 4.69) is 19.2 Å². The van der Waals surface area contributed by atoms with Crippen LogP contribution in [0.1, 0.15) is 63.3 Å². The Morgan fingerprint density at radius 3 is 2.53 bits per heavy atom. The average Bonchev–Trinajstić information content (AvgIpc) is 3.09. The summed E-state index contributed by atoms with van der Waals surface area (Å²) in [6.45, 7) is 7.07. The predicted molar refractivity (Wildman–Crippen MR) is 141 cm³/mol. The van der Waals surface area contributed by atoms with E-state index in [0.717, 1.165) is 35.8 Å². The number of amides is 1. The molecule has 2 fully saturated rings. The first-order valence-electron chi connectivity index (χ1n) is 13.5. The van der Waals surface area contributed by atoms with Gasteiger partial charge in [-0.1, -0.05) is 57.0 Å². The van der Waals surface area contributed by atoms with E-state index in [9.17, 15) is 14.4 Å². The third-order valence-electron chi connectivity index (χ3n) is 7.05. The molecule has 208 valence electrons. The molecule has 38 heavy (non-hydrogen) atoms. The number of carbonyl (C=O) groups is 1. The molecule has 2 bridgehead atoms. The fraction of sp³-hybridized carbons (Fsp3) is 0.607. The second kappa shape index (κ2) is 12.8. The Labute approximate surface area is 222 Å². The highest BCUT2D eigenvalue weighted by atomic mass is 16.6. The third kappa shape index (κ3) is 6.09. The molecular weight excluding hydrogens is 490 g/mol. The number of carbonyl (C=O) groups excluding carboxylic acids is 1. The molecule has 0 saturated carbocycles. The molecule has 10 nitrogen and oxygen atoms in total. The van der Waals surface area contributed by atoms with Gasteiger partial charge in [0.05, 0.1) is 19.6 Å². The Kier molecular flexibility index (Phi) is 9.54. The van der Waals surface area contributed by atoms with Crippen molar-refractivity contribution >= 4 is 5.91 Å². The summed E-state index contributed by atoms with van der Waals surface area (Å²) in [5.74, 6) is -0.184. The van der Waals surface area contributed by atoms with Crippen molar-refractivity contribution in [1.29, 1.82) is 0 Å². The molecule has 1 N–H and O–H groups in total. The number of hydrogen-bond acceptors (Lipinski definition) is 7. The van der Waals surface area contributed by atoms with Crippen molar-refractivity contribution in [3.8, 4) is 0 Å². The van der Waals surface area contributed by atoms with Crippen LogP contribution in [0.4, 0.5) is 0 Å². The van der Waals surface area contributed by atoms with Crippen LogP contribution in [0, 0.1) is 6.92 Å². The van der Waals surface area contributed by atoms with Crippen molar-refractivity contribution in [2.24, 2.45) is 0 Å². The largest absolute Gasteiger partial charge is 0.378 e. The van der Waals surface area contributed by atoms with Gasteiger partial charge in [0.15, 0.2) is 6.23 Å². The molecule has 1 aromatic heterocycles. The van der Waals surface area contributed by atoms with E-state index in [1.165, 1.54) is 10.8 Å². The zero-order chi connectivity index (χ0) is 27.1. The molecule has 0 aliphatic carbocycles. The van der Waals surface area contributed by atoms with Gasteiger partial charge in [-0.2, -0.15) is 0 Å². The maximum absolute atomic E-state index is 13.6. The summed E-state index contributed by atoms with van der Waals surface area (Å²) in [4.78, 5) is 39.2. The number of aryl methyl sites for hydroxylation is 1. The van der Waals surface area contributed by atoms with Crippen LogP contribution < -0.4 is 16.6 Å². The van der Waals surface area contributed by atoms with Crippen LogP contribution in [0.2, 0.25) is 0 Å². The quantitative estimate of drug-likeness (QED) is 0.375. The zero-order valence-electron chi connectivity index (χ0n) is 22.5. The number of rotatable bonds is 14. The van der Waals surface area contributed by atoms with Crippen molar-refractivity contribution < 1.29 is 23.7 Å². The first kappa shape index (κ1) is 28.2. The third-order valence-corrected chi connectivity index (χ3v) is 7.05. The van der Waals surface area contributed by atoms with Crippen molar-refractivity contribution in [1.82, 2.24) is 14.5 Å². The van der Waals surface area contributed by atoms with E-state index < -0.39 is 35.2 Å². The molecule has 1 unspecified atom stereocenters.